The number of nitrogens with zero attached hydrogens (tertiary/aromatic N) is 2. The summed E-state index contributed by atoms with van der Waals surface area (Å²) in [4.78, 5) is 18.3. The maximum atomic E-state index is 12.0. The molecule has 0 N–H and O–H groups in total. The fourth-order valence-electron chi connectivity index (χ4n) is 1.63. The first-order valence-electron chi connectivity index (χ1n) is 4.96. The molecular weight excluding hydrogens is 228 g/mol. The summed E-state index contributed by atoms with van der Waals surface area (Å²) in [6.07, 6.45) is 2.25. The largest absolute Gasteiger partial charge is 0.297 e. The first-order valence-corrected chi connectivity index (χ1v) is 7.00. The van der Waals surface area contributed by atoms with Gasteiger partial charge in [0.05, 0.1) is 17.5 Å². The Morgan fingerprint density at radius 1 is 1.73 bits per heavy atom. The van der Waals surface area contributed by atoms with Crippen LogP contribution in [0.5, 0.6) is 0 Å². The highest BCUT2D eigenvalue weighted by molar-refractivity contribution is 7.99. The van der Waals surface area contributed by atoms with Gasteiger partial charge in [0, 0.05) is 29.6 Å². The third kappa shape index (κ3) is 2.80. The zero-order valence-corrected chi connectivity index (χ0v) is 10.3. The van der Waals surface area contributed by atoms with Gasteiger partial charge in [0.2, 0.25) is 0 Å². The standard InChI is InChI=1S/C10H14N2OS2/c1-12-3-5-14-7-8(12)9(13)6-10-11-2-4-15-10/h2,4,8H,3,5-7H2,1H3. The molecule has 0 amide bonds. The summed E-state index contributed by atoms with van der Waals surface area (Å²) in [5.74, 6) is 2.37. The molecule has 0 spiro atoms. The summed E-state index contributed by atoms with van der Waals surface area (Å²) in [6.45, 7) is 1.01. The van der Waals surface area contributed by atoms with Gasteiger partial charge in [-0.05, 0) is 7.05 Å². The molecule has 1 aliphatic heterocycles. The van der Waals surface area contributed by atoms with E-state index in [0.717, 1.165) is 23.1 Å². The average molecular weight is 242 g/mol. The molecule has 1 fully saturated rings. The predicted molar refractivity (Wildman–Crippen MR) is 64.6 cm³/mol. The van der Waals surface area contributed by atoms with Crippen LogP contribution in [-0.4, -0.2) is 46.8 Å². The molecule has 2 heterocycles. The van der Waals surface area contributed by atoms with Crippen LogP contribution in [0.15, 0.2) is 11.6 Å². The molecule has 0 aromatic carbocycles. The average Bonchev–Trinajstić information content (AvgIpc) is 2.71. The lowest BCUT2D eigenvalue weighted by Gasteiger charge is -2.30. The lowest BCUT2D eigenvalue weighted by atomic mass is 10.1. The molecule has 15 heavy (non-hydrogen) atoms. The molecule has 1 aliphatic rings. The fourth-order valence-corrected chi connectivity index (χ4v) is 3.51. The summed E-state index contributed by atoms with van der Waals surface area (Å²) in [7, 11) is 2.03. The number of hydrogen-bond donors (Lipinski definition) is 0. The molecule has 1 aromatic heterocycles. The molecule has 1 aromatic rings. The van der Waals surface area contributed by atoms with Crippen molar-refractivity contribution in [1.29, 1.82) is 0 Å². The van der Waals surface area contributed by atoms with Crippen LogP contribution >= 0.6 is 23.1 Å². The van der Waals surface area contributed by atoms with E-state index >= 15 is 0 Å². The quantitative estimate of drug-likeness (QED) is 0.800. The van der Waals surface area contributed by atoms with Gasteiger partial charge in [-0.2, -0.15) is 11.8 Å². The van der Waals surface area contributed by atoms with Gasteiger partial charge in [0.25, 0.3) is 0 Å². The van der Waals surface area contributed by atoms with Crippen molar-refractivity contribution < 1.29 is 4.79 Å². The molecule has 0 saturated carbocycles. The van der Waals surface area contributed by atoms with Crippen LogP contribution in [0.4, 0.5) is 0 Å². The Balaban J connectivity index is 1.95. The highest BCUT2D eigenvalue weighted by atomic mass is 32.2. The van der Waals surface area contributed by atoms with E-state index in [1.165, 1.54) is 0 Å². The summed E-state index contributed by atoms with van der Waals surface area (Å²) >= 11 is 3.43. The van der Waals surface area contributed by atoms with Crippen molar-refractivity contribution in [2.24, 2.45) is 0 Å². The Kier molecular flexibility index (Phi) is 3.77. The van der Waals surface area contributed by atoms with Crippen LogP contribution in [0, 0.1) is 0 Å². The van der Waals surface area contributed by atoms with Crippen molar-refractivity contribution in [3.8, 4) is 0 Å². The Morgan fingerprint density at radius 3 is 3.27 bits per heavy atom. The number of rotatable bonds is 3. The molecular formula is C10H14N2OS2. The number of Topliss-reactive ketones (excluding diaryl/α,β-unsaturated/α-hetero) is 1. The molecule has 0 bridgehead atoms. The van der Waals surface area contributed by atoms with Crippen LogP contribution < -0.4 is 0 Å². The number of carbonyl (C=O) groups is 1. The zero-order valence-electron chi connectivity index (χ0n) is 8.68. The van der Waals surface area contributed by atoms with Gasteiger partial charge in [0.15, 0.2) is 5.78 Å². The molecule has 0 aliphatic carbocycles. The molecule has 1 saturated heterocycles. The monoisotopic (exact) mass is 242 g/mol. The Morgan fingerprint density at radius 2 is 2.60 bits per heavy atom. The SMILES string of the molecule is CN1CCSCC1C(=O)Cc1nccs1. The number of thioether (sulfide) groups is 1. The number of ketones is 1. The summed E-state index contributed by atoms with van der Waals surface area (Å²) in [5.41, 5.74) is 0. The fraction of sp³-hybridized carbons (Fsp3) is 0.600. The Labute approximate surface area is 97.9 Å². The number of hydrogen-bond acceptors (Lipinski definition) is 5. The van der Waals surface area contributed by atoms with Crippen LogP contribution in [0.25, 0.3) is 0 Å². The third-order valence-electron chi connectivity index (χ3n) is 2.58. The maximum Gasteiger partial charge on any atom is 0.157 e. The third-order valence-corrected chi connectivity index (χ3v) is 4.38. The molecule has 3 nitrogen and oxygen atoms in total. The number of likely N-dealkylation sites (N-methyl/N-ethyl adjacent to an activating group) is 1. The van der Waals surface area contributed by atoms with E-state index in [-0.39, 0.29) is 6.04 Å². The summed E-state index contributed by atoms with van der Waals surface area (Å²) in [6, 6.07) is 0.0904. The van der Waals surface area contributed by atoms with Gasteiger partial charge < -0.3 is 0 Å². The smallest absolute Gasteiger partial charge is 0.157 e. The van der Waals surface area contributed by atoms with Crippen LogP contribution in [-0.2, 0) is 11.2 Å². The number of carbonyl (C=O) groups excluding carboxylic acids is 1. The Hall–Kier alpha value is -0.390. The van der Waals surface area contributed by atoms with Gasteiger partial charge in [-0.25, -0.2) is 4.98 Å². The van der Waals surface area contributed by atoms with Gasteiger partial charge in [0.1, 0.15) is 0 Å². The van der Waals surface area contributed by atoms with Gasteiger partial charge >= 0.3 is 0 Å². The zero-order chi connectivity index (χ0) is 10.7. The number of aromatic nitrogens is 1. The van der Waals surface area contributed by atoms with Crippen LogP contribution in [0.2, 0.25) is 0 Å². The minimum absolute atomic E-state index is 0.0904. The van der Waals surface area contributed by atoms with Crippen molar-refractivity contribution in [3.63, 3.8) is 0 Å². The van der Waals surface area contributed by atoms with E-state index in [1.54, 1.807) is 17.5 Å². The van der Waals surface area contributed by atoms with Crippen molar-refractivity contribution >= 4 is 28.9 Å². The van der Waals surface area contributed by atoms with Crippen molar-refractivity contribution in [3.05, 3.63) is 16.6 Å². The Bertz CT molecular complexity index is 326. The van der Waals surface area contributed by atoms with E-state index in [0.29, 0.717) is 12.2 Å². The molecule has 2 rings (SSSR count). The lowest BCUT2D eigenvalue weighted by Crippen LogP contribution is -2.45. The summed E-state index contributed by atoms with van der Waals surface area (Å²) in [5, 5.41) is 2.85. The van der Waals surface area contributed by atoms with Gasteiger partial charge in [-0.1, -0.05) is 0 Å². The highest BCUT2D eigenvalue weighted by Gasteiger charge is 2.26. The molecule has 5 heteroatoms. The second kappa shape index (κ2) is 5.09. The van der Waals surface area contributed by atoms with Gasteiger partial charge in [-0.15, -0.1) is 11.3 Å². The minimum atomic E-state index is 0.0904. The lowest BCUT2D eigenvalue weighted by molar-refractivity contribution is -0.122. The topological polar surface area (TPSA) is 33.2 Å². The van der Waals surface area contributed by atoms with Gasteiger partial charge in [-0.3, -0.25) is 9.69 Å². The molecule has 1 unspecified atom stereocenters. The van der Waals surface area contributed by atoms with Crippen molar-refractivity contribution in [2.75, 3.05) is 25.1 Å². The normalized spacial score (nSPS) is 22.9. The van der Waals surface area contributed by atoms with Crippen LogP contribution in [0.3, 0.4) is 0 Å². The van der Waals surface area contributed by atoms with E-state index in [2.05, 4.69) is 9.88 Å². The van der Waals surface area contributed by atoms with E-state index < -0.39 is 0 Å². The van der Waals surface area contributed by atoms with Crippen molar-refractivity contribution in [1.82, 2.24) is 9.88 Å². The molecule has 1 atom stereocenters. The molecule has 82 valence electrons. The van der Waals surface area contributed by atoms with E-state index in [9.17, 15) is 4.79 Å². The molecule has 0 radical (unpaired) electrons. The summed E-state index contributed by atoms with van der Waals surface area (Å²) < 4.78 is 0. The predicted octanol–water partition coefficient (Wildman–Crippen LogP) is 1.30. The number of thiazole rings is 1. The minimum Gasteiger partial charge on any atom is -0.297 e. The first-order chi connectivity index (χ1) is 7.27. The second-order valence-electron chi connectivity index (χ2n) is 3.64. The highest BCUT2D eigenvalue weighted by Crippen LogP contribution is 2.17. The van der Waals surface area contributed by atoms with Crippen molar-refractivity contribution in [2.45, 2.75) is 12.5 Å². The van der Waals surface area contributed by atoms with E-state index in [1.807, 2.05) is 24.2 Å². The second-order valence-corrected chi connectivity index (χ2v) is 5.77. The van der Waals surface area contributed by atoms with E-state index in [4.69, 9.17) is 0 Å². The maximum absolute atomic E-state index is 12.0. The first kappa shape index (κ1) is 11.1. The van der Waals surface area contributed by atoms with Crippen LogP contribution in [0.1, 0.15) is 5.01 Å².